The zero-order valence-electron chi connectivity index (χ0n) is 14.4. The summed E-state index contributed by atoms with van der Waals surface area (Å²) >= 11 is 3.99. The molecule has 0 spiro atoms. The van der Waals surface area contributed by atoms with Crippen molar-refractivity contribution >= 4 is 30.3 Å². The van der Waals surface area contributed by atoms with Gasteiger partial charge in [0.25, 0.3) is 5.91 Å². The predicted octanol–water partition coefficient (Wildman–Crippen LogP) is 3.00. The third kappa shape index (κ3) is 4.61. The lowest BCUT2D eigenvalue weighted by Crippen LogP contribution is -2.14. The van der Waals surface area contributed by atoms with Gasteiger partial charge in [0.2, 0.25) is 0 Å². The molecule has 0 saturated heterocycles. The highest BCUT2D eigenvalue weighted by atomic mass is 32.1. The van der Waals surface area contributed by atoms with Crippen molar-refractivity contribution in [2.24, 2.45) is 5.73 Å². The van der Waals surface area contributed by atoms with Gasteiger partial charge in [-0.25, -0.2) is 14.6 Å². The van der Waals surface area contributed by atoms with Crippen LogP contribution in [0.1, 0.15) is 16.8 Å². The zero-order chi connectivity index (χ0) is 21.2. The molecule has 0 fully saturated rings. The van der Waals surface area contributed by atoms with E-state index in [2.05, 4.69) is 27.7 Å². The Bertz CT molecular complexity index is 1160. The number of hydrogen-bond acceptors (Lipinski definition) is 6. The Kier molecular flexibility index (Phi) is 5.38. The second-order valence-corrected chi connectivity index (χ2v) is 6.28. The van der Waals surface area contributed by atoms with Crippen molar-refractivity contribution in [3.63, 3.8) is 0 Å². The van der Waals surface area contributed by atoms with Crippen LogP contribution in [0.5, 0.6) is 0 Å². The third-order valence-electron chi connectivity index (χ3n) is 3.72. The number of alkyl halides is 3. The Morgan fingerprint density at radius 3 is 2.66 bits per heavy atom. The summed E-state index contributed by atoms with van der Waals surface area (Å²) in [6.45, 7) is 0. The molecule has 0 aliphatic heterocycles. The zero-order valence-corrected chi connectivity index (χ0v) is 15.3. The fourth-order valence-electron chi connectivity index (χ4n) is 2.45. The second kappa shape index (κ2) is 7.76. The van der Waals surface area contributed by atoms with Gasteiger partial charge in [-0.05, 0) is 35.9 Å². The lowest BCUT2D eigenvalue weighted by atomic mass is 10.1. The largest absolute Gasteiger partial charge is 0.416 e. The molecule has 3 aromatic rings. The predicted molar refractivity (Wildman–Crippen MR) is 100 cm³/mol. The van der Waals surface area contributed by atoms with Crippen molar-refractivity contribution in [1.82, 2.24) is 19.7 Å². The van der Waals surface area contributed by atoms with Crippen molar-refractivity contribution < 1.29 is 18.0 Å². The van der Waals surface area contributed by atoms with Crippen LogP contribution in [-0.4, -0.2) is 25.7 Å². The number of carbonyl (C=O) groups excluding carboxylic acids is 1. The summed E-state index contributed by atoms with van der Waals surface area (Å²) in [4.78, 5) is 19.7. The van der Waals surface area contributed by atoms with E-state index in [0.29, 0.717) is 5.56 Å². The summed E-state index contributed by atoms with van der Waals surface area (Å²) in [5.41, 5.74) is 5.05. The standard InChI is InChI=1S/C18H11F3N6OS/c19-18(20,21)12-3-11(5-14(29)6-12)17-25-9-27(26-17)8-15(16(23)28)10-1-2-24-13(4-10)7-22/h1-6,8-9,29H,(H2,23,28)/b15-8+. The Hall–Kier alpha value is -3.65. The number of amides is 1. The SMILES string of the molecule is N#Cc1cc(/C(=C\n2cnc(-c3cc(S)cc(C(F)(F)F)c3)n2)C(N)=O)ccn1. The Morgan fingerprint density at radius 1 is 1.24 bits per heavy atom. The number of primary amides is 1. The molecule has 146 valence electrons. The van der Waals surface area contributed by atoms with Crippen LogP contribution < -0.4 is 5.73 Å². The maximum Gasteiger partial charge on any atom is 0.416 e. The number of nitrogens with zero attached hydrogens (tertiary/aromatic N) is 5. The molecule has 0 aliphatic carbocycles. The molecule has 29 heavy (non-hydrogen) atoms. The van der Waals surface area contributed by atoms with E-state index < -0.39 is 17.6 Å². The number of carbonyl (C=O) groups is 1. The van der Waals surface area contributed by atoms with Crippen LogP contribution in [-0.2, 0) is 11.0 Å². The first kappa shape index (κ1) is 20.1. The van der Waals surface area contributed by atoms with Crippen molar-refractivity contribution in [2.45, 2.75) is 11.1 Å². The number of hydrogen-bond donors (Lipinski definition) is 2. The number of pyridine rings is 1. The molecule has 0 atom stereocenters. The number of rotatable bonds is 4. The highest BCUT2D eigenvalue weighted by Crippen LogP contribution is 2.33. The molecule has 1 amide bonds. The van der Waals surface area contributed by atoms with E-state index in [1.165, 1.54) is 36.9 Å². The maximum atomic E-state index is 13.0. The van der Waals surface area contributed by atoms with Crippen LogP contribution in [0.3, 0.4) is 0 Å². The summed E-state index contributed by atoms with van der Waals surface area (Å²) in [5, 5.41) is 13.0. The average molecular weight is 416 g/mol. The monoisotopic (exact) mass is 416 g/mol. The molecular weight excluding hydrogens is 405 g/mol. The number of nitrogens with two attached hydrogens (primary N) is 1. The van der Waals surface area contributed by atoms with Crippen molar-refractivity contribution in [3.05, 3.63) is 59.7 Å². The van der Waals surface area contributed by atoms with Crippen molar-refractivity contribution in [1.29, 1.82) is 5.26 Å². The van der Waals surface area contributed by atoms with Gasteiger partial charge < -0.3 is 5.73 Å². The van der Waals surface area contributed by atoms with Crippen LogP contribution in [0, 0.1) is 11.3 Å². The smallest absolute Gasteiger partial charge is 0.366 e. The van der Waals surface area contributed by atoms with E-state index in [1.807, 2.05) is 6.07 Å². The summed E-state index contributed by atoms with van der Waals surface area (Å²) in [5.74, 6) is -0.798. The van der Waals surface area contributed by atoms with Gasteiger partial charge in [-0.3, -0.25) is 4.79 Å². The van der Waals surface area contributed by atoms with Gasteiger partial charge in [-0.2, -0.15) is 18.4 Å². The first-order valence-electron chi connectivity index (χ1n) is 7.88. The Morgan fingerprint density at radius 2 is 2.00 bits per heavy atom. The molecule has 0 saturated carbocycles. The first-order valence-corrected chi connectivity index (χ1v) is 8.33. The maximum absolute atomic E-state index is 13.0. The number of benzene rings is 1. The fraction of sp³-hybridized carbons (Fsp3) is 0.0556. The van der Waals surface area contributed by atoms with Gasteiger partial charge in [0.05, 0.1) is 11.1 Å². The van der Waals surface area contributed by atoms with Gasteiger partial charge in [-0.15, -0.1) is 17.7 Å². The normalized spacial score (nSPS) is 11.9. The number of halogens is 3. The molecule has 7 nitrogen and oxygen atoms in total. The minimum Gasteiger partial charge on any atom is -0.366 e. The lowest BCUT2D eigenvalue weighted by Gasteiger charge is -2.08. The van der Waals surface area contributed by atoms with E-state index >= 15 is 0 Å². The highest BCUT2D eigenvalue weighted by molar-refractivity contribution is 7.80. The molecule has 0 bridgehead atoms. The molecule has 3 rings (SSSR count). The number of aromatic nitrogens is 4. The van der Waals surface area contributed by atoms with E-state index in [1.54, 1.807) is 0 Å². The summed E-state index contributed by atoms with van der Waals surface area (Å²) in [6, 6.07) is 7.88. The first-order chi connectivity index (χ1) is 13.7. The Labute approximate surface area is 167 Å². The topological polar surface area (TPSA) is 110 Å². The van der Waals surface area contributed by atoms with Crippen LogP contribution in [0.4, 0.5) is 13.2 Å². The molecule has 0 unspecified atom stereocenters. The van der Waals surface area contributed by atoms with Gasteiger partial charge in [-0.1, -0.05) is 0 Å². The van der Waals surface area contributed by atoms with Gasteiger partial charge in [0.15, 0.2) is 5.82 Å². The average Bonchev–Trinajstić information content (AvgIpc) is 3.13. The summed E-state index contributed by atoms with van der Waals surface area (Å²) in [6.07, 6.45) is -0.739. The van der Waals surface area contributed by atoms with E-state index in [-0.39, 0.29) is 27.6 Å². The van der Waals surface area contributed by atoms with Gasteiger partial charge >= 0.3 is 6.18 Å². The molecule has 2 N–H and O–H groups in total. The third-order valence-corrected chi connectivity index (χ3v) is 3.98. The summed E-state index contributed by atoms with van der Waals surface area (Å²) < 4.78 is 40.2. The van der Waals surface area contributed by atoms with Crippen molar-refractivity contribution in [3.8, 4) is 17.5 Å². The molecule has 1 aromatic carbocycles. The molecular formula is C18H11F3N6OS. The minimum absolute atomic E-state index is 0.00101. The Balaban J connectivity index is 2.02. The van der Waals surface area contributed by atoms with E-state index in [9.17, 15) is 18.0 Å². The summed E-state index contributed by atoms with van der Waals surface area (Å²) in [7, 11) is 0. The number of thiol groups is 1. The molecule has 0 aliphatic rings. The van der Waals surface area contributed by atoms with Crippen LogP contribution in [0.25, 0.3) is 23.2 Å². The second-order valence-electron chi connectivity index (χ2n) is 5.76. The molecule has 2 aromatic heterocycles. The van der Waals surface area contributed by atoms with Crippen LogP contribution in [0.2, 0.25) is 0 Å². The molecule has 0 radical (unpaired) electrons. The van der Waals surface area contributed by atoms with Gasteiger partial charge in [0.1, 0.15) is 18.1 Å². The van der Waals surface area contributed by atoms with E-state index in [4.69, 9.17) is 11.0 Å². The fourth-order valence-corrected chi connectivity index (χ4v) is 2.72. The lowest BCUT2D eigenvalue weighted by molar-refractivity contribution is -0.137. The van der Waals surface area contributed by atoms with Crippen LogP contribution in [0.15, 0.2) is 47.8 Å². The minimum atomic E-state index is -4.55. The number of nitriles is 1. The van der Waals surface area contributed by atoms with Gasteiger partial charge in [0, 0.05) is 22.9 Å². The molecule has 2 heterocycles. The quantitative estimate of drug-likeness (QED) is 0.502. The van der Waals surface area contributed by atoms with E-state index in [0.717, 1.165) is 16.8 Å². The van der Waals surface area contributed by atoms with Crippen molar-refractivity contribution in [2.75, 3.05) is 0 Å². The van der Waals surface area contributed by atoms with Crippen LogP contribution >= 0.6 is 12.6 Å². The molecule has 11 heteroatoms. The highest BCUT2D eigenvalue weighted by Gasteiger charge is 2.31.